The third kappa shape index (κ3) is 2.51. The van der Waals surface area contributed by atoms with Crippen LogP contribution in [0.4, 0.5) is 0 Å². The number of methoxy groups -OCH3 is 1. The van der Waals surface area contributed by atoms with Gasteiger partial charge in [0.05, 0.1) is 12.8 Å². The maximum atomic E-state index is 12.7. The molecule has 0 spiro atoms. The molecule has 126 valence electrons. The Labute approximate surface area is 141 Å². The van der Waals surface area contributed by atoms with Crippen molar-refractivity contribution < 1.29 is 24.1 Å². The van der Waals surface area contributed by atoms with Gasteiger partial charge in [-0.05, 0) is 40.8 Å². The molecule has 0 saturated heterocycles. The number of hydrogen-bond donors (Lipinski definition) is 1. The Kier molecular flexibility index (Phi) is 3.46. The number of benzene rings is 2. The van der Waals surface area contributed by atoms with Crippen molar-refractivity contribution in [1.82, 2.24) is 20.2 Å². The lowest BCUT2D eigenvalue weighted by Crippen LogP contribution is -2.11. The van der Waals surface area contributed by atoms with Gasteiger partial charge < -0.3 is 19.3 Å². The molecule has 25 heavy (non-hydrogen) atoms. The summed E-state index contributed by atoms with van der Waals surface area (Å²) < 4.78 is 16.9. The van der Waals surface area contributed by atoms with Crippen LogP contribution >= 0.6 is 0 Å². The predicted octanol–water partition coefficient (Wildman–Crippen LogP) is 1.34. The Morgan fingerprint density at radius 2 is 2.04 bits per heavy atom. The van der Waals surface area contributed by atoms with Crippen molar-refractivity contribution in [3.8, 4) is 28.7 Å². The van der Waals surface area contributed by atoms with Gasteiger partial charge in [-0.15, -0.1) is 5.10 Å². The molecule has 9 heteroatoms. The number of phenolic OH excluding ortho intramolecular Hbond substituents is 1. The molecule has 2 heterocycles. The summed E-state index contributed by atoms with van der Waals surface area (Å²) in [7, 11) is 1.43. The van der Waals surface area contributed by atoms with E-state index in [0.717, 1.165) is 0 Å². The molecule has 0 saturated carbocycles. The van der Waals surface area contributed by atoms with Crippen LogP contribution in [0.1, 0.15) is 16.2 Å². The lowest BCUT2D eigenvalue weighted by atomic mass is 10.1. The number of rotatable bonds is 4. The molecule has 1 aromatic heterocycles. The number of carbonyl (C=O) groups is 1. The number of ether oxygens (including phenoxy) is 3. The molecule has 0 fully saturated rings. The van der Waals surface area contributed by atoms with Crippen molar-refractivity contribution in [3.05, 3.63) is 47.8 Å². The summed E-state index contributed by atoms with van der Waals surface area (Å²) in [5.41, 5.74) is 0.783. The van der Waals surface area contributed by atoms with E-state index in [4.69, 9.17) is 14.2 Å². The molecular formula is C16H12N4O5. The van der Waals surface area contributed by atoms with Crippen molar-refractivity contribution in [2.24, 2.45) is 0 Å². The summed E-state index contributed by atoms with van der Waals surface area (Å²) >= 11 is 0. The molecule has 4 rings (SSSR count). The third-order valence-electron chi connectivity index (χ3n) is 3.71. The van der Waals surface area contributed by atoms with Crippen molar-refractivity contribution in [2.75, 3.05) is 13.9 Å². The molecule has 0 atom stereocenters. The van der Waals surface area contributed by atoms with E-state index in [-0.39, 0.29) is 29.7 Å². The van der Waals surface area contributed by atoms with Crippen LogP contribution in [0.5, 0.6) is 23.0 Å². The first-order valence-corrected chi connectivity index (χ1v) is 7.27. The standard InChI is InChI=1S/C16H12N4O5/c1-23-12-4-2-9(6-11(12)21)15(22)16-17-18-19-20(16)10-3-5-13-14(7-10)25-8-24-13/h2-7,21H,8H2,1H3. The Balaban J connectivity index is 1.72. The van der Waals surface area contributed by atoms with Gasteiger partial charge in [-0.1, -0.05) is 0 Å². The van der Waals surface area contributed by atoms with Gasteiger partial charge >= 0.3 is 0 Å². The Morgan fingerprint density at radius 3 is 2.84 bits per heavy atom. The summed E-state index contributed by atoms with van der Waals surface area (Å²) in [4.78, 5) is 12.7. The van der Waals surface area contributed by atoms with Crippen LogP contribution in [0.3, 0.4) is 0 Å². The van der Waals surface area contributed by atoms with Crippen molar-refractivity contribution in [2.45, 2.75) is 0 Å². The number of phenols is 1. The first-order chi connectivity index (χ1) is 12.2. The fourth-order valence-corrected chi connectivity index (χ4v) is 2.48. The molecule has 1 aliphatic heterocycles. The normalized spacial score (nSPS) is 12.2. The Bertz CT molecular complexity index is 969. The van der Waals surface area contributed by atoms with Crippen molar-refractivity contribution in [1.29, 1.82) is 0 Å². The molecule has 9 nitrogen and oxygen atoms in total. The lowest BCUT2D eigenvalue weighted by molar-refractivity contribution is 0.102. The molecule has 0 bridgehead atoms. The van der Waals surface area contributed by atoms with Crippen LogP contribution < -0.4 is 14.2 Å². The summed E-state index contributed by atoms with van der Waals surface area (Å²) in [6, 6.07) is 9.44. The van der Waals surface area contributed by atoms with Gasteiger partial charge in [-0.25, -0.2) is 0 Å². The van der Waals surface area contributed by atoms with Crippen LogP contribution in [0, 0.1) is 0 Å². The van der Waals surface area contributed by atoms with Gasteiger partial charge in [0.25, 0.3) is 0 Å². The van der Waals surface area contributed by atoms with Gasteiger partial charge in [-0.3, -0.25) is 4.79 Å². The average molecular weight is 340 g/mol. The molecule has 1 N–H and O–H groups in total. The Morgan fingerprint density at radius 1 is 1.20 bits per heavy atom. The van der Waals surface area contributed by atoms with Crippen LogP contribution in [-0.4, -0.2) is 45.0 Å². The zero-order valence-corrected chi connectivity index (χ0v) is 13.0. The second kappa shape index (κ2) is 5.78. The molecule has 2 aromatic carbocycles. The van der Waals surface area contributed by atoms with Gasteiger partial charge in [-0.2, -0.15) is 4.68 Å². The van der Waals surface area contributed by atoms with Gasteiger partial charge in [0, 0.05) is 11.6 Å². The number of carbonyl (C=O) groups excluding carboxylic acids is 1. The number of hydrogen-bond acceptors (Lipinski definition) is 8. The second-order valence-corrected chi connectivity index (χ2v) is 5.17. The lowest BCUT2D eigenvalue weighted by Gasteiger charge is -2.07. The van der Waals surface area contributed by atoms with Crippen LogP contribution in [-0.2, 0) is 0 Å². The highest BCUT2D eigenvalue weighted by Crippen LogP contribution is 2.34. The molecule has 0 radical (unpaired) electrons. The zero-order valence-electron chi connectivity index (χ0n) is 13.0. The third-order valence-corrected chi connectivity index (χ3v) is 3.71. The van der Waals surface area contributed by atoms with Crippen LogP contribution in [0.15, 0.2) is 36.4 Å². The molecule has 3 aromatic rings. The second-order valence-electron chi connectivity index (χ2n) is 5.17. The number of tetrazole rings is 1. The number of nitrogens with zero attached hydrogens (tertiary/aromatic N) is 4. The summed E-state index contributed by atoms with van der Waals surface area (Å²) in [5.74, 6) is 0.852. The van der Waals surface area contributed by atoms with E-state index in [1.54, 1.807) is 18.2 Å². The highest BCUT2D eigenvalue weighted by atomic mass is 16.7. The van der Waals surface area contributed by atoms with Crippen molar-refractivity contribution in [3.63, 3.8) is 0 Å². The highest BCUT2D eigenvalue weighted by molar-refractivity contribution is 6.07. The van der Waals surface area contributed by atoms with E-state index in [0.29, 0.717) is 17.2 Å². The topological polar surface area (TPSA) is 109 Å². The highest BCUT2D eigenvalue weighted by Gasteiger charge is 2.22. The molecule has 1 aliphatic rings. The zero-order chi connectivity index (χ0) is 17.4. The first kappa shape index (κ1) is 14.9. The summed E-state index contributed by atoms with van der Waals surface area (Å²) in [6.45, 7) is 0.144. The number of ketones is 1. The van der Waals surface area contributed by atoms with E-state index < -0.39 is 5.78 Å². The smallest absolute Gasteiger partial charge is 0.232 e. The van der Waals surface area contributed by atoms with Gasteiger partial charge in [0.2, 0.25) is 18.4 Å². The van der Waals surface area contributed by atoms with Crippen LogP contribution in [0.25, 0.3) is 5.69 Å². The van der Waals surface area contributed by atoms with E-state index in [1.807, 2.05) is 0 Å². The Hall–Kier alpha value is -3.62. The average Bonchev–Trinajstić information content (AvgIpc) is 3.29. The fourth-order valence-electron chi connectivity index (χ4n) is 2.48. The molecule has 0 unspecified atom stereocenters. The minimum Gasteiger partial charge on any atom is -0.504 e. The number of aromatic nitrogens is 4. The number of aromatic hydroxyl groups is 1. The largest absolute Gasteiger partial charge is 0.504 e. The maximum Gasteiger partial charge on any atom is 0.232 e. The van der Waals surface area contributed by atoms with Crippen LogP contribution in [0.2, 0.25) is 0 Å². The van der Waals surface area contributed by atoms with Gasteiger partial charge in [0.15, 0.2) is 23.0 Å². The van der Waals surface area contributed by atoms with E-state index in [2.05, 4.69) is 15.5 Å². The summed E-state index contributed by atoms with van der Waals surface area (Å²) in [5, 5.41) is 21.1. The molecule has 0 aliphatic carbocycles. The minimum atomic E-state index is -0.444. The fraction of sp³-hybridized carbons (Fsp3) is 0.125. The van der Waals surface area contributed by atoms with Crippen molar-refractivity contribution >= 4 is 5.78 Å². The maximum absolute atomic E-state index is 12.7. The molecule has 0 amide bonds. The van der Waals surface area contributed by atoms with E-state index >= 15 is 0 Å². The quantitative estimate of drug-likeness (QED) is 0.709. The monoisotopic (exact) mass is 340 g/mol. The predicted molar refractivity (Wildman–Crippen MR) is 83.4 cm³/mol. The summed E-state index contributed by atoms with van der Waals surface area (Å²) in [6.07, 6.45) is 0. The number of fused-ring (bicyclic) bond motifs is 1. The van der Waals surface area contributed by atoms with E-state index in [9.17, 15) is 9.90 Å². The first-order valence-electron chi connectivity index (χ1n) is 7.27. The van der Waals surface area contributed by atoms with Gasteiger partial charge in [0.1, 0.15) is 0 Å². The van der Waals surface area contributed by atoms with E-state index in [1.165, 1.54) is 30.0 Å². The minimum absolute atomic E-state index is 0.00318. The molecular weight excluding hydrogens is 328 g/mol. The SMILES string of the molecule is COc1ccc(C(=O)c2nnnn2-c2ccc3c(c2)OCO3)cc1O.